The number of hydrogen-bond donors (Lipinski definition) is 2. The predicted molar refractivity (Wildman–Crippen MR) is 81.4 cm³/mol. The third-order valence-corrected chi connectivity index (χ3v) is 3.84. The fourth-order valence-electron chi connectivity index (χ4n) is 2.56. The Bertz CT molecular complexity index is 311. The zero-order valence-corrected chi connectivity index (χ0v) is 12.9. The summed E-state index contributed by atoms with van der Waals surface area (Å²) in [6.45, 7) is 1.29. The number of rotatable bonds is 0. The molecule has 1 aliphatic rings. The summed E-state index contributed by atoms with van der Waals surface area (Å²) in [6.07, 6.45) is 10.7. The van der Waals surface area contributed by atoms with E-state index in [2.05, 4.69) is 5.43 Å². The Balaban J connectivity index is 2.40. The van der Waals surface area contributed by atoms with Gasteiger partial charge in [-0.2, -0.15) is 0 Å². The molecule has 1 heterocycles. The van der Waals surface area contributed by atoms with Crippen LogP contribution in [0.25, 0.3) is 0 Å². The highest BCUT2D eigenvalue weighted by Gasteiger charge is 2.12. The number of amides is 2. The average molecular weight is 299 g/mol. The lowest BCUT2D eigenvalue weighted by Gasteiger charge is -2.21. The smallest absolute Gasteiger partial charge is 0.331 e. The van der Waals surface area contributed by atoms with Gasteiger partial charge in [-0.25, -0.2) is 10.6 Å². The number of hydrazine groups is 1. The number of urea groups is 1. The molecule has 0 aliphatic carbocycles. The molecule has 0 aromatic heterocycles. The first kappa shape index (κ1) is 17.8. The van der Waals surface area contributed by atoms with E-state index in [4.69, 9.17) is 10.6 Å². The van der Waals surface area contributed by atoms with E-state index in [-0.39, 0.29) is 18.6 Å². The fraction of sp³-hybridized carbons (Fsp3) is 0.867. The maximum atomic E-state index is 11.6. The van der Waals surface area contributed by atoms with E-state index in [1.54, 1.807) is 4.90 Å². The highest BCUT2D eigenvalue weighted by Crippen LogP contribution is 2.11. The Morgan fingerprint density at radius 2 is 1.52 bits per heavy atom. The number of nitrogens with zero attached hydrogens (tertiary/aromatic N) is 1. The monoisotopic (exact) mass is 299 g/mol. The lowest BCUT2D eigenvalue weighted by atomic mass is 10.1. The number of hydrogen-bond acceptors (Lipinski definition) is 4. The fourth-order valence-corrected chi connectivity index (χ4v) is 2.56. The Hall–Kier alpha value is -1.30. The van der Waals surface area contributed by atoms with Gasteiger partial charge >= 0.3 is 12.0 Å². The summed E-state index contributed by atoms with van der Waals surface area (Å²) in [6, 6.07) is -0.313. The molecule has 122 valence electrons. The third kappa shape index (κ3) is 8.55. The van der Waals surface area contributed by atoms with Crippen LogP contribution in [-0.2, 0) is 9.53 Å². The van der Waals surface area contributed by atoms with Crippen molar-refractivity contribution in [1.29, 1.82) is 0 Å². The van der Waals surface area contributed by atoms with Crippen LogP contribution in [0.5, 0.6) is 0 Å². The van der Waals surface area contributed by atoms with E-state index in [0.29, 0.717) is 19.5 Å². The standard InChI is InChI=1S/C15H29N3O3/c16-17-15(20)18-11-9-7-5-3-1-2-4-6-8-10-14(19)21-13-12-18/h1-13,16H2,(H,17,20). The second kappa shape index (κ2) is 11.4. The molecule has 0 unspecified atom stereocenters. The zero-order valence-electron chi connectivity index (χ0n) is 12.9. The quantitative estimate of drug-likeness (QED) is 0.311. The van der Waals surface area contributed by atoms with E-state index in [9.17, 15) is 9.59 Å². The largest absolute Gasteiger partial charge is 0.464 e. The summed E-state index contributed by atoms with van der Waals surface area (Å²) in [7, 11) is 0. The minimum absolute atomic E-state index is 0.171. The van der Waals surface area contributed by atoms with Gasteiger partial charge in [-0.15, -0.1) is 0 Å². The summed E-state index contributed by atoms with van der Waals surface area (Å²) < 4.78 is 5.17. The second-order valence-corrected chi connectivity index (χ2v) is 5.59. The van der Waals surface area contributed by atoms with Crippen molar-refractivity contribution in [2.45, 2.75) is 64.2 Å². The van der Waals surface area contributed by atoms with Crippen molar-refractivity contribution in [3.8, 4) is 0 Å². The molecule has 0 bridgehead atoms. The molecule has 0 spiro atoms. The molecule has 0 radical (unpaired) electrons. The molecule has 1 saturated heterocycles. The van der Waals surface area contributed by atoms with E-state index in [1.165, 1.54) is 32.1 Å². The van der Waals surface area contributed by atoms with Gasteiger partial charge in [0.1, 0.15) is 6.61 Å². The van der Waals surface area contributed by atoms with Crippen LogP contribution >= 0.6 is 0 Å². The number of carbonyl (C=O) groups is 2. The van der Waals surface area contributed by atoms with Crippen molar-refractivity contribution in [3.05, 3.63) is 0 Å². The van der Waals surface area contributed by atoms with E-state index < -0.39 is 0 Å². The first-order valence-electron chi connectivity index (χ1n) is 8.15. The number of ether oxygens (including phenoxy) is 1. The van der Waals surface area contributed by atoms with Gasteiger partial charge in [0.2, 0.25) is 0 Å². The SMILES string of the molecule is NNC(=O)N1CCCCCCCCCCCC(=O)OCC1. The Labute approximate surface area is 127 Å². The molecule has 2 amide bonds. The molecule has 0 aromatic carbocycles. The Morgan fingerprint density at radius 1 is 0.952 bits per heavy atom. The van der Waals surface area contributed by atoms with Crippen LogP contribution < -0.4 is 11.3 Å². The molecule has 0 saturated carbocycles. The first-order chi connectivity index (χ1) is 10.2. The van der Waals surface area contributed by atoms with Crippen LogP contribution in [0.2, 0.25) is 0 Å². The van der Waals surface area contributed by atoms with Crippen molar-refractivity contribution < 1.29 is 14.3 Å². The van der Waals surface area contributed by atoms with Gasteiger partial charge in [-0.05, 0) is 12.8 Å². The molecule has 0 atom stereocenters. The van der Waals surface area contributed by atoms with Crippen molar-refractivity contribution in [3.63, 3.8) is 0 Å². The molecule has 1 rings (SSSR count). The summed E-state index contributed by atoms with van der Waals surface area (Å²) in [5, 5.41) is 0. The lowest BCUT2D eigenvalue weighted by molar-refractivity contribution is -0.144. The van der Waals surface area contributed by atoms with Crippen molar-refractivity contribution in [2.75, 3.05) is 19.7 Å². The normalized spacial score (nSPS) is 20.6. The van der Waals surface area contributed by atoms with E-state index >= 15 is 0 Å². The molecule has 6 nitrogen and oxygen atoms in total. The average Bonchev–Trinajstić information content (AvgIpc) is 2.48. The third-order valence-electron chi connectivity index (χ3n) is 3.84. The maximum absolute atomic E-state index is 11.6. The highest BCUT2D eigenvalue weighted by atomic mass is 16.5. The van der Waals surface area contributed by atoms with Crippen LogP contribution in [0.3, 0.4) is 0 Å². The molecule has 3 N–H and O–H groups in total. The highest BCUT2D eigenvalue weighted by molar-refractivity contribution is 5.73. The zero-order chi connectivity index (χ0) is 15.3. The summed E-state index contributed by atoms with van der Waals surface area (Å²) in [5.74, 6) is 5.01. The summed E-state index contributed by atoms with van der Waals surface area (Å²) >= 11 is 0. The molecule has 21 heavy (non-hydrogen) atoms. The van der Waals surface area contributed by atoms with Gasteiger partial charge in [-0.3, -0.25) is 10.2 Å². The first-order valence-corrected chi connectivity index (χ1v) is 8.15. The topological polar surface area (TPSA) is 84.7 Å². The van der Waals surface area contributed by atoms with Gasteiger partial charge in [0, 0.05) is 13.0 Å². The molecular formula is C15H29N3O3. The molecule has 6 heteroatoms. The van der Waals surface area contributed by atoms with Gasteiger partial charge in [0.15, 0.2) is 0 Å². The van der Waals surface area contributed by atoms with Crippen LogP contribution in [0.4, 0.5) is 4.79 Å². The van der Waals surface area contributed by atoms with E-state index in [1.807, 2.05) is 0 Å². The number of cyclic esters (lactones) is 1. The van der Waals surface area contributed by atoms with Gasteiger partial charge in [0.05, 0.1) is 6.54 Å². The van der Waals surface area contributed by atoms with Crippen LogP contribution in [0.15, 0.2) is 0 Å². The van der Waals surface area contributed by atoms with Crippen molar-refractivity contribution in [2.24, 2.45) is 5.84 Å². The van der Waals surface area contributed by atoms with Crippen molar-refractivity contribution >= 4 is 12.0 Å². The van der Waals surface area contributed by atoms with Gasteiger partial charge in [0.25, 0.3) is 0 Å². The minimum atomic E-state index is -0.313. The lowest BCUT2D eigenvalue weighted by Crippen LogP contribution is -2.45. The number of esters is 1. The number of carbonyl (C=O) groups excluding carboxylic acids is 2. The van der Waals surface area contributed by atoms with Crippen LogP contribution in [0.1, 0.15) is 64.2 Å². The van der Waals surface area contributed by atoms with Gasteiger partial charge in [-0.1, -0.05) is 44.9 Å². The molecule has 1 fully saturated rings. The molecule has 0 aromatic rings. The van der Waals surface area contributed by atoms with Crippen molar-refractivity contribution in [1.82, 2.24) is 10.3 Å². The van der Waals surface area contributed by atoms with Crippen LogP contribution in [-0.4, -0.2) is 36.6 Å². The molecule has 1 aliphatic heterocycles. The van der Waals surface area contributed by atoms with E-state index in [0.717, 1.165) is 25.7 Å². The predicted octanol–water partition coefficient (Wildman–Crippen LogP) is 2.33. The minimum Gasteiger partial charge on any atom is -0.464 e. The summed E-state index contributed by atoms with van der Waals surface area (Å²) in [4.78, 5) is 24.8. The number of nitrogens with two attached hydrogens (primary N) is 1. The molecular weight excluding hydrogens is 270 g/mol. The summed E-state index contributed by atoms with van der Waals surface area (Å²) in [5.41, 5.74) is 2.15. The van der Waals surface area contributed by atoms with Crippen LogP contribution in [0, 0.1) is 0 Å². The maximum Gasteiger partial charge on any atom is 0.331 e. The van der Waals surface area contributed by atoms with Gasteiger partial charge < -0.3 is 9.64 Å². The Kier molecular flexibility index (Phi) is 9.61. The Morgan fingerprint density at radius 3 is 2.14 bits per heavy atom. The second-order valence-electron chi connectivity index (χ2n) is 5.59. The number of nitrogens with one attached hydrogen (secondary N) is 1.